The van der Waals surface area contributed by atoms with Crippen LogP contribution >= 0.6 is 31.9 Å². The van der Waals surface area contributed by atoms with Gasteiger partial charge in [-0.15, -0.1) is 0 Å². The summed E-state index contributed by atoms with van der Waals surface area (Å²) in [5.41, 5.74) is 4.83. The molecule has 0 spiro atoms. The third-order valence-corrected chi connectivity index (χ3v) is 5.43. The molecule has 0 bridgehead atoms. The number of hydrogen-bond acceptors (Lipinski definition) is 5. The molecule has 3 aromatic carbocycles. The maximum Gasteiger partial charge on any atom is 0.271 e. The van der Waals surface area contributed by atoms with Gasteiger partial charge in [-0.3, -0.25) is 4.79 Å². The number of halogens is 2. The number of hydrazone groups is 1. The molecule has 0 saturated heterocycles. The Bertz CT molecular complexity index is 1100. The molecule has 1 amide bonds. The minimum absolute atomic E-state index is 0.163. The Morgan fingerprint density at radius 3 is 2.63 bits per heavy atom. The molecule has 0 unspecified atom stereocenters. The van der Waals surface area contributed by atoms with Gasteiger partial charge in [0.25, 0.3) is 5.91 Å². The van der Waals surface area contributed by atoms with E-state index in [4.69, 9.17) is 14.2 Å². The summed E-state index contributed by atoms with van der Waals surface area (Å²) in [4.78, 5) is 12.2. The summed E-state index contributed by atoms with van der Waals surface area (Å²) in [7, 11) is 0. The van der Waals surface area contributed by atoms with Gasteiger partial charge in [-0.05, 0) is 75.6 Å². The molecule has 0 saturated carbocycles. The van der Waals surface area contributed by atoms with Gasteiger partial charge in [-0.25, -0.2) is 5.43 Å². The maximum absolute atomic E-state index is 12.2. The Balaban J connectivity index is 1.34. The normalized spacial score (nSPS) is 12.2. The smallest absolute Gasteiger partial charge is 0.271 e. The molecule has 6 nitrogen and oxygen atoms in total. The molecule has 30 heavy (non-hydrogen) atoms. The first-order valence-corrected chi connectivity index (χ1v) is 10.6. The second-order valence-electron chi connectivity index (χ2n) is 6.37. The lowest BCUT2D eigenvalue weighted by atomic mass is 10.2. The topological polar surface area (TPSA) is 69.2 Å². The SMILES string of the molecule is O=C(N/N=C/c1ccc(OCc2ccc(Br)cc2)c(Br)c1)c1ccc2c(c1)OCO2. The van der Waals surface area contributed by atoms with Crippen molar-refractivity contribution in [1.29, 1.82) is 0 Å². The highest BCUT2D eigenvalue weighted by Gasteiger charge is 2.15. The zero-order valence-corrected chi connectivity index (χ0v) is 18.8. The Morgan fingerprint density at radius 1 is 1.03 bits per heavy atom. The summed E-state index contributed by atoms with van der Waals surface area (Å²) in [5, 5.41) is 4.02. The lowest BCUT2D eigenvalue weighted by Crippen LogP contribution is -2.17. The second-order valence-corrected chi connectivity index (χ2v) is 8.14. The lowest BCUT2D eigenvalue weighted by Gasteiger charge is -2.09. The van der Waals surface area contributed by atoms with Gasteiger partial charge in [0.2, 0.25) is 6.79 Å². The Labute approximate surface area is 190 Å². The van der Waals surface area contributed by atoms with Crippen LogP contribution in [-0.2, 0) is 6.61 Å². The number of hydrogen-bond donors (Lipinski definition) is 1. The fourth-order valence-electron chi connectivity index (χ4n) is 2.72. The first kappa shape index (κ1) is 20.4. The Kier molecular flexibility index (Phi) is 6.35. The van der Waals surface area contributed by atoms with Gasteiger partial charge in [0.1, 0.15) is 12.4 Å². The number of fused-ring (bicyclic) bond motifs is 1. The van der Waals surface area contributed by atoms with E-state index in [0.717, 1.165) is 25.8 Å². The van der Waals surface area contributed by atoms with E-state index in [2.05, 4.69) is 42.4 Å². The second kappa shape index (κ2) is 9.32. The fraction of sp³-hybridized carbons (Fsp3) is 0.0909. The van der Waals surface area contributed by atoms with E-state index in [9.17, 15) is 4.79 Å². The van der Waals surface area contributed by atoms with E-state index in [1.807, 2.05) is 42.5 Å². The number of ether oxygens (including phenoxy) is 3. The van der Waals surface area contributed by atoms with Crippen LogP contribution in [0.25, 0.3) is 0 Å². The van der Waals surface area contributed by atoms with Crippen molar-refractivity contribution in [3.05, 3.63) is 86.3 Å². The van der Waals surface area contributed by atoms with Crippen LogP contribution in [0.4, 0.5) is 0 Å². The molecule has 0 fully saturated rings. The van der Waals surface area contributed by atoms with Gasteiger partial charge >= 0.3 is 0 Å². The number of carbonyl (C=O) groups is 1. The summed E-state index contributed by atoms with van der Waals surface area (Å²) in [5.74, 6) is 1.56. The number of rotatable bonds is 6. The van der Waals surface area contributed by atoms with Crippen molar-refractivity contribution in [3.63, 3.8) is 0 Å². The lowest BCUT2D eigenvalue weighted by molar-refractivity contribution is 0.0954. The van der Waals surface area contributed by atoms with E-state index in [0.29, 0.717) is 23.7 Å². The minimum atomic E-state index is -0.335. The van der Waals surface area contributed by atoms with E-state index in [1.54, 1.807) is 24.4 Å². The van der Waals surface area contributed by atoms with Crippen LogP contribution in [0, 0.1) is 0 Å². The van der Waals surface area contributed by atoms with E-state index < -0.39 is 0 Å². The van der Waals surface area contributed by atoms with Crippen LogP contribution in [0.2, 0.25) is 0 Å². The Hall–Kier alpha value is -2.84. The average molecular weight is 532 g/mol. The highest BCUT2D eigenvalue weighted by molar-refractivity contribution is 9.10. The average Bonchev–Trinajstić information content (AvgIpc) is 3.22. The summed E-state index contributed by atoms with van der Waals surface area (Å²) in [6.07, 6.45) is 1.56. The monoisotopic (exact) mass is 530 g/mol. The Morgan fingerprint density at radius 2 is 1.83 bits per heavy atom. The molecular formula is C22H16Br2N2O4. The first-order valence-electron chi connectivity index (χ1n) is 8.98. The molecule has 4 rings (SSSR count). The molecule has 1 aliphatic heterocycles. The maximum atomic E-state index is 12.2. The number of nitrogens with one attached hydrogen (secondary N) is 1. The van der Waals surface area contributed by atoms with Gasteiger partial charge in [0.05, 0.1) is 10.7 Å². The van der Waals surface area contributed by atoms with Gasteiger partial charge in [-0.1, -0.05) is 28.1 Å². The summed E-state index contributed by atoms with van der Waals surface area (Å²) in [6.45, 7) is 0.626. The van der Waals surface area contributed by atoms with Crippen LogP contribution in [0.15, 0.2) is 74.7 Å². The van der Waals surface area contributed by atoms with Crippen molar-refractivity contribution in [2.24, 2.45) is 5.10 Å². The summed E-state index contributed by atoms with van der Waals surface area (Å²) >= 11 is 6.93. The largest absolute Gasteiger partial charge is 0.488 e. The van der Waals surface area contributed by atoms with Crippen LogP contribution in [-0.4, -0.2) is 18.9 Å². The standard InChI is InChI=1S/C22H16Br2N2O4/c23-17-5-1-14(2-6-17)12-28-19-7-3-15(9-18(19)24)11-25-26-22(27)16-4-8-20-21(10-16)30-13-29-20/h1-11H,12-13H2,(H,26,27)/b25-11+. The first-order chi connectivity index (χ1) is 14.6. The summed E-state index contributed by atoms with van der Waals surface area (Å²) < 4.78 is 18.2. The predicted octanol–water partition coefficient (Wildman–Crippen LogP) is 5.28. The molecule has 152 valence electrons. The van der Waals surface area contributed by atoms with Gasteiger partial charge in [-0.2, -0.15) is 5.10 Å². The van der Waals surface area contributed by atoms with Gasteiger partial charge in [0.15, 0.2) is 11.5 Å². The molecule has 1 N–H and O–H groups in total. The van der Waals surface area contributed by atoms with Crippen molar-refractivity contribution >= 4 is 44.0 Å². The number of benzene rings is 3. The van der Waals surface area contributed by atoms with Crippen molar-refractivity contribution in [3.8, 4) is 17.2 Å². The predicted molar refractivity (Wildman–Crippen MR) is 120 cm³/mol. The van der Waals surface area contributed by atoms with Crippen LogP contribution in [0.5, 0.6) is 17.2 Å². The highest BCUT2D eigenvalue weighted by Crippen LogP contribution is 2.32. The van der Waals surface area contributed by atoms with Crippen molar-refractivity contribution in [1.82, 2.24) is 5.43 Å². The van der Waals surface area contributed by atoms with Crippen molar-refractivity contribution in [2.75, 3.05) is 6.79 Å². The molecule has 3 aromatic rings. The minimum Gasteiger partial charge on any atom is -0.488 e. The zero-order chi connectivity index (χ0) is 20.9. The highest BCUT2D eigenvalue weighted by atomic mass is 79.9. The molecule has 0 atom stereocenters. The van der Waals surface area contributed by atoms with Crippen molar-refractivity contribution < 1.29 is 19.0 Å². The third-order valence-electron chi connectivity index (χ3n) is 4.28. The molecule has 0 aliphatic carbocycles. The molecule has 1 aliphatic rings. The van der Waals surface area contributed by atoms with Crippen LogP contribution < -0.4 is 19.6 Å². The van der Waals surface area contributed by atoms with Crippen molar-refractivity contribution in [2.45, 2.75) is 6.61 Å². The van der Waals surface area contributed by atoms with E-state index in [-0.39, 0.29) is 12.7 Å². The van der Waals surface area contributed by atoms with Crippen LogP contribution in [0.3, 0.4) is 0 Å². The number of carbonyl (C=O) groups excluding carboxylic acids is 1. The molecule has 0 radical (unpaired) electrons. The number of nitrogens with zero attached hydrogens (tertiary/aromatic N) is 1. The molecule has 1 heterocycles. The molecular weight excluding hydrogens is 516 g/mol. The summed E-state index contributed by atoms with van der Waals surface area (Å²) in [6, 6.07) is 18.5. The fourth-order valence-corrected chi connectivity index (χ4v) is 3.50. The van der Waals surface area contributed by atoms with Gasteiger partial charge < -0.3 is 14.2 Å². The van der Waals surface area contributed by atoms with E-state index >= 15 is 0 Å². The third kappa shape index (κ3) is 5.01. The molecule has 8 heteroatoms. The van der Waals surface area contributed by atoms with E-state index in [1.165, 1.54) is 0 Å². The van der Waals surface area contributed by atoms with Crippen LogP contribution in [0.1, 0.15) is 21.5 Å². The zero-order valence-electron chi connectivity index (χ0n) is 15.6. The quantitative estimate of drug-likeness (QED) is 0.347. The number of amides is 1. The molecule has 0 aromatic heterocycles. The van der Waals surface area contributed by atoms with Gasteiger partial charge in [0, 0.05) is 10.0 Å².